The lowest BCUT2D eigenvalue weighted by Gasteiger charge is -2.35. The number of aliphatic imine (C=N–C) groups is 1. The highest BCUT2D eigenvalue weighted by molar-refractivity contribution is 7.94. The highest BCUT2D eigenvalue weighted by Crippen LogP contribution is 2.52. The zero-order valence-electron chi connectivity index (χ0n) is 16.8. The maximum Gasteiger partial charge on any atom is 0.413 e. The molecule has 2 aliphatic rings. The minimum atomic E-state index is -3.65. The van der Waals surface area contributed by atoms with Crippen LogP contribution in [0, 0.1) is 0 Å². The van der Waals surface area contributed by atoms with Crippen LogP contribution in [0.4, 0.5) is 4.79 Å². The fourth-order valence-corrected chi connectivity index (χ4v) is 7.28. The number of alkyl carbamates (subject to hydrolysis) is 1. The number of carbonyl (C=O) groups is 2. The molecule has 1 spiro atoms. The molecule has 1 aromatic rings. The topological polar surface area (TPSA) is 111 Å². The van der Waals surface area contributed by atoms with Crippen molar-refractivity contribution >= 4 is 50.7 Å². The number of hydrogen-bond donors (Lipinski definition) is 1. The lowest BCUT2D eigenvalue weighted by Crippen LogP contribution is -2.53. The third-order valence-corrected chi connectivity index (χ3v) is 9.26. The molecule has 0 aromatic carbocycles. The molecule has 1 aliphatic carbocycles. The Balaban J connectivity index is 2.04. The Bertz CT molecular complexity index is 1000. The van der Waals surface area contributed by atoms with E-state index in [0.717, 1.165) is 11.3 Å². The first-order valence-electron chi connectivity index (χ1n) is 8.94. The lowest BCUT2D eigenvalue weighted by molar-refractivity contribution is 0.0559. The van der Waals surface area contributed by atoms with Crippen LogP contribution in [0.25, 0.3) is 0 Å². The van der Waals surface area contributed by atoms with E-state index in [4.69, 9.17) is 21.1 Å². The number of nitrogens with one attached hydrogen (secondary N) is 1. The van der Waals surface area contributed by atoms with Gasteiger partial charge in [0.15, 0.2) is 9.84 Å². The summed E-state index contributed by atoms with van der Waals surface area (Å²) < 4.78 is 35.1. The smallest absolute Gasteiger partial charge is 0.413 e. The van der Waals surface area contributed by atoms with Gasteiger partial charge in [-0.1, -0.05) is 11.6 Å². The predicted molar refractivity (Wildman–Crippen MR) is 111 cm³/mol. The van der Waals surface area contributed by atoms with E-state index in [1.54, 1.807) is 27.7 Å². The number of methoxy groups -OCH3 is 1. The lowest BCUT2D eigenvalue weighted by atomic mass is 10.0. The van der Waals surface area contributed by atoms with E-state index < -0.39 is 37.8 Å². The van der Waals surface area contributed by atoms with Gasteiger partial charge in [-0.3, -0.25) is 10.3 Å². The van der Waals surface area contributed by atoms with Gasteiger partial charge < -0.3 is 9.47 Å². The summed E-state index contributed by atoms with van der Waals surface area (Å²) in [4.78, 5) is 29.4. The molecular weight excluding hydrogens is 440 g/mol. The van der Waals surface area contributed by atoms with Gasteiger partial charge in [-0.25, -0.2) is 18.0 Å². The van der Waals surface area contributed by atoms with Gasteiger partial charge in [0.1, 0.15) is 26.6 Å². The van der Waals surface area contributed by atoms with E-state index in [1.807, 2.05) is 0 Å². The van der Waals surface area contributed by atoms with Crippen LogP contribution in [0.5, 0.6) is 0 Å². The average molecular weight is 463 g/mol. The summed E-state index contributed by atoms with van der Waals surface area (Å²) in [7, 11) is -2.40. The molecule has 160 valence electrons. The van der Waals surface area contributed by atoms with E-state index in [0.29, 0.717) is 17.7 Å². The van der Waals surface area contributed by atoms with Crippen molar-refractivity contribution in [2.45, 2.75) is 56.4 Å². The molecule has 1 fully saturated rings. The van der Waals surface area contributed by atoms with Crippen molar-refractivity contribution in [3.05, 3.63) is 20.8 Å². The summed E-state index contributed by atoms with van der Waals surface area (Å²) in [5.41, 5.74) is -2.00. The first-order valence-corrected chi connectivity index (χ1v) is 11.8. The number of nitrogens with zero attached hydrogens (tertiary/aromatic N) is 1. The predicted octanol–water partition coefficient (Wildman–Crippen LogP) is 3.29. The monoisotopic (exact) mass is 462 g/mol. The molecule has 0 saturated heterocycles. The van der Waals surface area contributed by atoms with E-state index in [1.165, 1.54) is 13.2 Å². The number of thiophene rings is 1. The first-order chi connectivity index (χ1) is 13.2. The van der Waals surface area contributed by atoms with E-state index >= 15 is 0 Å². The van der Waals surface area contributed by atoms with Crippen molar-refractivity contribution < 1.29 is 27.5 Å². The average Bonchev–Trinajstić information content (AvgIpc) is 3.27. The zero-order chi connectivity index (χ0) is 21.8. The molecule has 1 saturated carbocycles. The molecule has 11 heteroatoms. The molecule has 0 radical (unpaired) electrons. The van der Waals surface area contributed by atoms with Gasteiger partial charge in [0.2, 0.25) is 0 Å². The van der Waals surface area contributed by atoms with Crippen LogP contribution in [0.15, 0.2) is 11.1 Å². The molecule has 1 N–H and O–H groups in total. The van der Waals surface area contributed by atoms with Crippen LogP contribution in [-0.4, -0.2) is 49.5 Å². The van der Waals surface area contributed by atoms with E-state index in [-0.39, 0.29) is 21.5 Å². The van der Waals surface area contributed by atoms with Crippen LogP contribution < -0.4 is 5.32 Å². The number of amidine groups is 1. The van der Waals surface area contributed by atoms with Gasteiger partial charge in [0.25, 0.3) is 0 Å². The largest absolute Gasteiger partial charge is 0.465 e. The Kier molecular flexibility index (Phi) is 5.29. The Morgan fingerprint density at radius 3 is 2.45 bits per heavy atom. The fraction of sp³-hybridized carbons (Fsp3) is 0.611. The number of amides is 1. The summed E-state index contributed by atoms with van der Waals surface area (Å²) in [6, 6.07) is 1.43. The highest BCUT2D eigenvalue weighted by atomic mass is 35.5. The first kappa shape index (κ1) is 22.0. The molecule has 1 unspecified atom stereocenters. The van der Waals surface area contributed by atoms with Gasteiger partial charge in [-0.15, -0.1) is 11.3 Å². The Labute approximate surface area is 178 Å². The number of esters is 1. The second kappa shape index (κ2) is 6.95. The Morgan fingerprint density at radius 2 is 1.93 bits per heavy atom. The second-order valence-electron chi connectivity index (χ2n) is 8.39. The molecule has 2 heterocycles. The quantitative estimate of drug-likeness (QED) is 0.675. The summed E-state index contributed by atoms with van der Waals surface area (Å²) in [5.74, 6) is -0.787. The number of ether oxygens (including phenoxy) is 2. The van der Waals surface area contributed by atoms with Gasteiger partial charge in [-0.2, -0.15) is 0 Å². The minimum Gasteiger partial charge on any atom is -0.465 e. The van der Waals surface area contributed by atoms with Crippen molar-refractivity contribution in [3.8, 4) is 0 Å². The van der Waals surface area contributed by atoms with Crippen molar-refractivity contribution in [3.63, 3.8) is 0 Å². The summed E-state index contributed by atoms with van der Waals surface area (Å²) in [6.45, 7) is 6.75. The van der Waals surface area contributed by atoms with Gasteiger partial charge in [0.05, 0.1) is 22.8 Å². The van der Waals surface area contributed by atoms with E-state index in [2.05, 4.69) is 10.3 Å². The molecule has 0 bridgehead atoms. The number of hydrogen-bond acceptors (Lipinski definition) is 8. The summed E-state index contributed by atoms with van der Waals surface area (Å²) in [5, 5.41) is 2.77. The van der Waals surface area contributed by atoms with Gasteiger partial charge >= 0.3 is 12.1 Å². The molecule has 3 rings (SSSR count). The zero-order valence-corrected chi connectivity index (χ0v) is 19.2. The SMILES string of the molecule is COC(=O)c1cc(Cl)c(C2(C)CS(=O)(=O)C3(CC3)C(NC(=O)OC(C)(C)C)=N2)s1. The molecule has 8 nitrogen and oxygen atoms in total. The number of sulfone groups is 1. The van der Waals surface area contributed by atoms with Crippen molar-refractivity contribution in [2.75, 3.05) is 12.9 Å². The number of rotatable bonds is 2. The molecule has 1 aromatic heterocycles. The third kappa shape index (κ3) is 4.02. The van der Waals surface area contributed by atoms with Crippen LogP contribution in [0.3, 0.4) is 0 Å². The molecule has 1 amide bonds. The molecule has 1 aliphatic heterocycles. The van der Waals surface area contributed by atoms with Crippen LogP contribution in [0.2, 0.25) is 5.02 Å². The van der Waals surface area contributed by atoms with Crippen LogP contribution in [0.1, 0.15) is 55.1 Å². The standard InChI is InChI=1S/C18H23ClN2O6S2/c1-16(2,3)27-15(23)20-14-18(6-7-18)29(24,25)9-17(4,21-14)12-10(19)8-11(28-12)13(22)26-5/h8H,6-7,9H2,1-5H3,(H,20,21,23). The van der Waals surface area contributed by atoms with Gasteiger partial charge in [0, 0.05) is 0 Å². The second-order valence-corrected chi connectivity index (χ2v) is 12.2. The molecular formula is C18H23ClN2O6S2. The molecule has 1 atom stereocenters. The van der Waals surface area contributed by atoms with Crippen LogP contribution in [-0.2, 0) is 24.8 Å². The van der Waals surface area contributed by atoms with E-state index in [9.17, 15) is 18.0 Å². The molecule has 29 heavy (non-hydrogen) atoms. The number of halogens is 1. The minimum absolute atomic E-state index is 0.0598. The fourth-order valence-electron chi connectivity index (χ4n) is 3.29. The van der Waals surface area contributed by atoms with Crippen molar-refractivity contribution in [1.29, 1.82) is 0 Å². The highest BCUT2D eigenvalue weighted by Gasteiger charge is 2.64. The maximum absolute atomic E-state index is 13.1. The summed E-state index contributed by atoms with van der Waals surface area (Å²) >= 11 is 7.34. The number of carbonyl (C=O) groups excluding carboxylic acids is 2. The maximum atomic E-state index is 13.1. The normalized spacial score (nSPS) is 24.6. The Hall–Kier alpha value is -1.65. The van der Waals surface area contributed by atoms with Crippen molar-refractivity contribution in [1.82, 2.24) is 5.32 Å². The van der Waals surface area contributed by atoms with Crippen LogP contribution >= 0.6 is 22.9 Å². The third-order valence-electron chi connectivity index (χ3n) is 4.74. The van der Waals surface area contributed by atoms with Gasteiger partial charge in [-0.05, 0) is 46.6 Å². The van der Waals surface area contributed by atoms with Crippen molar-refractivity contribution in [2.24, 2.45) is 4.99 Å². The summed E-state index contributed by atoms with van der Waals surface area (Å²) in [6.07, 6.45) is -0.00781. The Morgan fingerprint density at radius 1 is 1.31 bits per heavy atom.